The lowest BCUT2D eigenvalue weighted by atomic mass is 9.53. The van der Waals surface area contributed by atoms with Gasteiger partial charge in [0.25, 0.3) is 0 Å². The molecule has 2 atom stereocenters. The largest absolute Gasteiger partial charge is 0.491 e. The Morgan fingerprint density at radius 1 is 1.09 bits per heavy atom. The van der Waals surface area contributed by atoms with E-state index in [1.165, 1.54) is 19.3 Å². The topological polar surface area (TPSA) is 88.7 Å². The molecular formula is C25H35N3O4. The summed E-state index contributed by atoms with van der Waals surface area (Å²) in [4.78, 5) is 25.2. The monoisotopic (exact) mass is 441 g/mol. The Hall–Kier alpha value is -2.28. The number of nitrogens with one attached hydrogen (secondary N) is 3. The molecule has 1 saturated heterocycles. The number of urea groups is 1. The molecule has 7 nitrogen and oxygen atoms in total. The Bertz CT molecular complexity index is 799. The van der Waals surface area contributed by atoms with Crippen LogP contribution in [0.5, 0.6) is 5.75 Å². The van der Waals surface area contributed by atoms with Crippen molar-refractivity contribution in [3.8, 4) is 5.75 Å². The Morgan fingerprint density at radius 2 is 1.75 bits per heavy atom. The van der Waals surface area contributed by atoms with Crippen molar-refractivity contribution in [1.82, 2.24) is 10.6 Å². The smallest absolute Gasteiger partial charge is 0.321 e. The predicted molar refractivity (Wildman–Crippen MR) is 122 cm³/mol. The number of amides is 3. The number of hydrogen-bond donors (Lipinski definition) is 3. The third-order valence-electron chi connectivity index (χ3n) is 7.74. The van der Waals surface area contributed by atoms with Crippen molar-refractivity contribution in [2.45, 2.75) is 76.0 Å². The second-order valence-electron chi connectivity index (χ2n) is 10.5. The van der Waals surface area contributed by atoms with Crippen molar-refractivity contribution >= 4 is 17.6 Å². The van der Waals surface area contributed by atoms with Crippen molar-refractivity contribution in [2.75, 3.05) is 18.5 Å². The first-order valence-corrected chi connectivity index (χ1v) is 12.2. The highest BCUT2D eigenvalue weighted by Crippen LogP contribution is 2.55. The first-order chi connectivity index (χ1) is 15.5. The van der Waals surface area contributed by atoms with Crippen molar-refractivity contribution < 1.29 is 19.1 Å². The van der Waals surface area contributed by atoms with Gasteiger partial charge in [-0.3, -0.25) is 10.1 Å². The Labute approximate surface area is 190 Å². The van der Waals surface area contributed by atoms with Gasteiger partial charge in [-0.1, -0.05) is 0 Å². The quantitative estimate of drug-likeness (QED) is 0.598. The van der Waals surface area contributed by atoms with Crippen LogP contribution in [0.15, 0.2) is 24.3 Å². The number of carbonyl (C=O) groups excluding carboxylic acids is 2. The predicted octanol–water partition coefficient (Wildman–Crippen LogP) is 3.84. The summed E-state index contributed by atoms with van der Waals surface area (Å²) < 4.78 is 11.4. The van der Waals surface area contributed by atoms with E-state index < -0.39 is 6.04 Å². The number of anilines is 1. The second kappa shape index (κ2) is 8.93. The van der Waals surface area contributed by atoms with Gasteiger partial charge >= 0.3 is 6.03 Å². The lowest BCUT2D eigenvalue weighted by Crippen LogP contribution is -2.62. The van der Waals surface area contributed by atoms with Crippen LogP contribution in [0.1, 0.15) is 58.3 Å². The molecule has 7 heteroatoms. The zero-order valence-electron chi connectivity index (χ0n) is 18.9. The van der Waals surface area contributed by atoms with Gasteiger partial charge in [-0.05, 0) is 100 Å². The van der Waals surface area contributed by atoms with Crippen LogP contribution in [0, 0.1) is 17.8 Å². The van der Waals surface area contributed by atoms with E-state index in [0.717, 1.165) is 67.9 Å². The third kappa shape index (κ3) is 4.87. The fourth-order valence-corrected chi connectivity index (χ4v) is 6.68. The molecule has 4 saturated carbocycles. The third-order valence-corrected chi connectivity index (χ3v) is 7.74. The molecule has 1 aromatic carbocycles. The van der Waals surface area contributed by atoms with Crippen LogP contribution in [0.3, 0.4) is 0 Å². The van der Waals surface area contributed by atoms with Crippen LogP contribution in [-0.2, 0) is 9.53 Å². The summed E-state index contributed by atoms with van der Waals surface area (Å²) in [6.07, 6.45) is 9.48. The van der Waals surface area contributed by atoms with Crippen molar-refractivity contribution in [2.24, 2.45) is 17.8 Å². The molecule has 0 aromatic heterocycles. The van der Waals surface area contributed by atoms with Gasteiger partial charge in [-0.2, -0.15) is 0 Å². The maximum atomic E-state index is 12.6. The minimum atomic E-state index is -0.532. The summed E-state index contributed by atoms with van der Waals surface area (Å²) in [7, 11) is 0. The Morgan fingerprint density at radius 3 is 2.34 bits per heavy atom. The molecule has 2 unspecified atom stereocenters. The van der Waals surface area contributed by atoms with Gasteiger partial charge in [0.1, 0.15) is 18.4 Å². The standard InChI is InChI=1S/C25H35N3O4/c1-16(26-20-4-6-21(7-5-20)32-15-22-3-2-8-31-22)23(29)27-24(30)28-25-12-17-9-18(13-25)11-19(10-17)14-25/h4-7,16-19,22,26H,2-3,8-15H2,1H3,(H2,27,28,29,30). The molecule has 1 aliphatic heterocycles. The number of carbonyl (C=O) groups is 2. The summed E-state index contributed by atoms with van der Waals surface area (Å²) in [5, 5.41) is 8.90. The number of imide groups is 1. The highest BCUT2D eigenvalue weighted by Gasteiger charge is 2.51. The summed E-state index contributed by atoms with van der Waals surface area (Å²) >= 11 is 0. The van der Waals surface area contributed by atoms with Crippen molar-refractivity contribution in [3.05, 3.63) is 24.3 Å². The summed E-state index contributed by atoms with van der Waals surface area (Å²) in [5.41, 5.74) is 0.702. The van der Waals surface area contributed by atoms with E-state index in [1.54, 1.807) is 6.92 Å². The van der Waals surface area contributed by atoms with E-state index in [-0.39, 0.29) is 23.6 Å². The second-order valence-corrected chi connectivity index (χ2v) is 10.5. The molecule has 0 spiro atoms. The maximum Gasteiger partial charge on any atom is 0.321 e. The van der Waals surface area contributed by atoms with Crippen LogP contribution >= 0.6 is 0 Å². The first-order valence-electron chi connectivity index (χ1n) is 12.2. The van der Waals surface area contributed by atoms with Gasteiger partial charge < -0.3 is 20.1 Å². The molecule has 5 aliphatic rings. The van der Waals surface area contributed by atoms with Gasteiger partial charge in [0.15, 0.2) is 0 Å². The molecule has 4 aliphatic carbocycles. The molecule has 3 amide bonds. The molecule has 174 valence electrons. The molecule has 1 heterocycles. The molecule has 0 radical (unpaired) electrons. The van der Waals surface area contributed by atoms with E-state index in [4.69, 9.17) is 9.47 Å². The zero-order chi connectivity index (χ0) is 22.1. The highest BCUT2D eigenvalue weighted by molar-refractivity contribution is 5.98. The van der Waals surface area contributed by atoms with Gasteiger partial charge in [0, 0.05) is 17.8 Å². The van der Waals surface area contributed by atoms with Crippen LogP contribution < -0.4 is 20.7 Å². The van der Waals surface area contributed by atoms with Gasteiger partial charge in [0.2, 0.25) is 5.91 Å². The number of hydrogen-bond acceptors (Lipinski definition) is 5. The van der Waals surface area contributed by atoms with E-state index in [1.807, 2.05) is 24.3 Å². The molecular weight excluding hydrogens is 406 g/mol. The Balaban J connectivity index is 1.08. The molecule has 6 rings (SSSR count). The normalized spacial score (nSPS) is 33.5. The van der Waals surface area contributed by atoms with Crippen molar-refractivity contribution in [1.29, 1.82) is 0 Å². The summed E-state index contributed by atoms with van der Waals surface area (Å²) in [6.45, 7) is 3.14. The zero-order valence-corrected chi connectivity index (χ0v) is 18.9. The molecule has 3 N–H and O–H groups in total. The van der Waals surface area contributed by atoms with Gasteiger partial charge in [-0.15, -0.1) is 0 Å². The average molecular weight is 442 g/mol. The number of rotatable bonds is 7. The maximum absolute atomic E-state index is 12.6. The minimum Gasteiger partial charge on any atom is -0.491 e. The molecule has 32 heavy (non-hydrogen) atoms. The van der Waals surface area contributed by atoms with Crippen LogP contribution in [0.2, 0.25) is 0 Å². The van der Waals surface area contributed by atoms with Crippen LogP contribution in [0.4, 0.5) is 10.5 Å². The molecule has 5 fully saturated rings. The number of ether oxygens (including phenoxy) is 2. The lowest BCUT2D eigenvalue weighted by Gasteiger charge is -2.56. The van der Waals surface area contributed by atoms with Crippen molar-refractivity contribution in [3.63, 3.8) is 0 Å². The summed E-state index contributed by atoms with van der Waals surface area (Å²) in [5.74, 6) is 2.69. The average Bonchev–Trinajstić information content (AvgIpc) is 3.25. The highest BCUT2D eigenvalue weighted by atomic mass is 16.5. The van der Waals surface area contributed by atoms with Gasteiger partial charge in [0.05, 0.1) is 6.10 Å². The van der Waals surface area contributed by atoms with E-state index in [2.05, 4.69) is 16.0 Å². The first kappa shape index (κ1) is 21.6. The Kier molecular flexibility index (Phi) is 6.01. The molecule has 1 aromatic rings. The van der Waals surface area contributed by atoms with E-state index in [0.29, 0.717) is 6.61 Å². The SMILES string of the molecule is CC(Nc1ccc(OCC2CCCO2)cc1)C(=O)NC(=O)NC12CC3CC(CC(C3)C1)C2. The summed E-state index contributed by atoms with van der Waals surface area (Å²) in [6, 6.07) is 6.62. The lowest BCUT2D eigenvalue weighted by molar-refractivity contribution is -0.120. The minimum absolute atomic E-state index is 0.102. The molecule has 4 bridgehead atoms. The van der Waals surface area contributed by atoms with E-state index in [9.17, 15) is 9.59 Å². The fraction of sp³-hybridized carbons (Fsp3) is 0.680. The van der Waals surface area contributed by atoms with Crippen LogP contribution in [0.25, 0.3) is 0 Å². The number of benzene rings is 1. The fourth-order valence-electron chi connectivity index (χ4n) is 6.68. The van der Waals surface area contributed by atoms with Crippen LogP contribution in [-0.4, -0.2) is 42.8 Å². The van der Waals surface area contributed by atoms with Gasteiger partial charge in [-0.25, -0.2) is 4.79 Å². The van der Waals surface area contributed by atoms with E-state index >= 15 is 0 Å².